The number of carbonyl (C=O) groups excluding carboxylic acids is 2. The molecule has 3 aromatic rings. The van der Waals surface area contributed by atoms with Crippen LogP contribution >= 0.6 is 35.2 Å². The second-order valence-electron chi connectivity index (χ2n) is 6.68. The lowest BCUT2D eigenvalue weighted by molar-refractivity contribution is 0.0938. The maximum Gasteiger partial charge on any atom is 0.281 e. The van der Waals surface area contributed by atoms with Gasteiger partial charge in [-0.05, 0) is 49.0 Å². The highest BCUT2D eigenvalue weighted by atomic mass is 35.5. The standard InChI is InChI=1S/C22H22ClN3O3S2/c1-2-3-6-13-29-15-11-9-14(10-12-15)20(27)24-22(30)26-25-21(28)19-18(23)16-7-4-5-8-17(16)31-19/h4-5,7-12H,2-3,6,13H2,1H3,(H,25,28)(H2,24,26,27,30). The third kappa shape index (κ3) is 6.16. The summed E-state index contributed by atoms with van der Waals surface area (Å²) in [4.78, 5) is 25.1. The summed E-state index contributed by atoms with van der Waals surface area (Å²) in [6.07, 6.45) is 3.25. The van der Waals surface area contributed by atoms with Crippen LogP contribution in [0.3, 0.4) is 0 Å². The van der Waals surface area contributed by atoms with Gasteiger partial charge in [0.1, 0.15) is 10.6 Å². The molecule has 9 heteroatoms. The number of halogens is 1. The number of hydrogen-bond acceptors (Lipinski definition) is 5. The van der Waals surface area contributed by atoms with Gasteiger partial charge in [-0.1, -0.05) is 49.6 Å². The molecular formula is C22H22ClN3O3S2. The number of benzene rings is 2. The molecule has 0 aliphatic heterocycles. The van der Waals surface area contributed by atoms with Gasteiger partial charge in [-0.25, -0.2) is 0 Å². The van der Waals surface area contributed by atoms with E-state index in [2.05, 4.69) is 23.1 Å². The predicted octanol–water partition coefficient (Wildman–Crippen LogP) is 5.07. The average molecular weight is 476 g/mol. The van der Waals surface area contributed by atoms with Crippen LogP contribution in [-0.2, 0) is 0 Å². The van der Waals surface area contributed by atoms with Gasteiger partial charge in [0.15, 0.2) is 5.11 Å². The van der Waals surface area contributed by atoms with Crippen LogP contribution in [-0.4, -0.2) is 23.5 Å². The number of nitrogens with one attached hydrogen (secondary N) is 3. The molecule has 162 valence electrons. The fourth-order valence-electron chi connectivity index (χ4n) is 2.78. The van der Waals surface area contributed by atoms with E-state index in [1.807, 2.05) is 24.3 Å². The van der Waals surface area contributed by atoms with Crippen molar-refractivity contribution in [1.29, 1.82) is 0 Å². The van der Waals surface area contributed by atoms with E-state index in [-0.39, 0.29) is 5.11 Å². The summed E-state index contributed by atoms with van der Waals surface area (Å²) in [5, 5.41) is 3.68. The molecule has 0 saturated carbocycles. The Hall–Kier alpha value is -2.68. The van der Waals surface area contributed by atoms with Crippen LogP contribution in [0.1, 0.15) is 46.2 Å². The van der Waals surface area contributed by atoms with E-state index in [9.17, 15) is 9.59 Å². The highest BCUT2D eigenvalue weighted by molar-refractivity contribution is 7.80. The predicted molar refractivity (Wildman–Crippen MR) is 129 cm³/mol. The monoisotopic (exact) mass is 475 g/mol. The van der Waals surface area contributed by atoms with Gasteiger partial charge in [0, 0.05) is 15.6 Å². The van der Waals surface area contributed by atoms with Crippen LogP contribution in [0.15, 0.2) is 48.5 Å². The first-order chi connectivity index (χ1) is 15.0. The maximum atomic E-state index is 12.4. The molecule has 1 aromatic heterocycles. The van der Waals surface area contributed by atoms with Gasteiger partial charge >= 0.3 is 0 Å². The number of amides is 2. The summed E-state index contributed by atoms with van der Waals surface area (Å²) in [5.74, 6) is -0.127. The molecule has 0 spiro atoms. The first kappa shape index (κ1) is 23.0. The minimum Gasteiger partial charge on any atom is -0.494 e. The maximum absolute atomic E-state index is 12.4. The lowest BCUT2D eigenvalue weighted by Gasteiger charge is -2.11. The highest BCUT2D eigenvalue weighted by Gasteiger charge is 2.17. The summed E-state index contributed by atoms with van der Waals surface area (Å²) in [7, 11) is 0. The summed E-state index contributed by atoms with van der Waals surface area (Å²) >= 11 is 12.7. The minimum atomic E-state index is -0.438. The fourth-order valence-corrected chi connectivity index (χ4v) is 4.34. The number of hydrazine groups is 1. The number of ether oxygens (including phenoxy) is 1. The molecule has 2 amide bonds. The molecule has 0 aliphatic rings. The lowest BCUT2D eigenvalue weighted by atomic mass is 10.2. The molecule has 31 heavy (non-hydrogen) atoms. The van der Waals surface area contributed by atoms with E-state index in [4.69, 9.17) is 28.6 Å². The number of rotatable bonds is 7. The quantitative estimate of drug-likeness (QED) is 0.252. The molecule has 0 saturated heterocycles. The van der Waals surface area contributed by atoms with Gasteiger partial charge in [-0.3, -0.25) is 25.8 Å². The van der Waals surface area contributed by atoms with Crippen molar-refractivity contribution in [3.05, 3.63) is 64.0 Å². The molecule has 1 heterocycles. The van der Waals surface area contributed by atoms with Crippen molar-refractivity contribution in [3.8, 4) is 5.75 Å². The van der Waals surface area contributed by atoms with Crippen molar-refractivity contribution >= 4 is 62.2 Å². The Bertz CT molecular complexity index is 1080. The first-order valence-corrected chi connectivity index (χ1v) is 11.4. The molecule has 0 fully saturated rings. The molecule has 2 aromatic carbocycles. The molecule has 3 rings (SSSR count). The lowest BCUT2D eigenvalue weighted by Crippen LogP contribution is -2.48. The van der Waals surface area contributed by atoms with Gasteiger partial charge in [-0.15, -0.1) is 11.3 Å². The average Bonchev–Trinajstić information content (AvgIpc) is 3.12. The molecule has 0 radical (unpaired) electrons. The van der Waals surface area contributed by atoms with E-state index in [1.54, 1.807) is 24.3 Å². The molecule has 0 aliphatic carbocycles. The van der Waals surface area contributed by atoms with Crippen molar-refractivity contribution in [2.24, 2.45) is 0 Å². The Morgan fingerprint density at radius 3 is 2.48 bits per heavy atom. The smallest absolute Gasteiger partial charge is 0.281 e. The summed E-state index contributed by atoms with van der Waals surface area (Å²) in [6, 6.07) is 14.3. The van der Waals surface area contributed by atoms with Crippen molar-refractivity contribution in [1.82, 2.24) is 16.2 Å². The van der Waals surface area contributed by atoms with Crippen molar-refractivity contribution < 1.29 is 14.3 Å². The normalized spacial score (nSPS) is 10.5. The Kier molecular flexibility index (Phi) is 8.22. The van der Waals surface area contributed by atoms with Gasteiger partial charge < -0.3 is 4.74 Å². The Morgan fingerprint density at radius 1 is 1.03 bits per heavy atom. The van der Waals surface area contributed by atoms with E-state index in [0.29, 0.717) is 27.8 Å². The van der Waals surface area contributed by atoms with Crippen LogP contribution < -0.4 is 20.9 Å². The fraction of sp³-hybridized carbons (Fsp3) is 0.227. The highest BCUT2D eigenvalue weighted by Crippen LogP contribution is 2.34. The molecule has 0 atom stereocenters. The third-order valence-electron chi connectivity index (χ3n) is 4.39. The minimum absolute atomic E-state index is 0.0320. The molecule has 0 bridgehead atoms. The van der Waals surface area contributed by atoms with Crippen LogP contribution in [0.5, 0.6) is 5.75 Å². The Balaban J connectivity index is 1.49. The van der Waals surface area contributed by atoms with Crippen LogP contribution in [0.25, 0.3) is 10.1 Å². The van der Waals surface area contributed by atoms with E-state index in [0.717, 1.165) is 29.3 Å². The van der Waals surface area contributed by atoms with Crippen LogP contribution in [0.4, 0.5) is 0 Å². The number of hydrogen-bond donors (Lipinski definition) is 3. The Labute approximate surface area is 194 Å². The second-order valence-corrected chi connectivity index (χ2v) is 8.52. The Morgan fingerprint density at radius 2 is 1.77 bits per heavy atom. The molecule has 0 unspecified atom stereocenters. The number of unbranched alkanes of at least 4 members (excludes halogenated alkanes) is 2. The van der Waals surface area contributed by atoms with E-state index < -0.39 is 11.8 Å². The van der Waals surface area contributed by atoms with Crippen molar-refractivity contribution in [2.75, 3.05) is 6.61 Å². The van der Waals surface area contributed by atoms with Crippen LogP contribution in [0.2, 0.25) is 5.02 Å². The SMILES string of the molecule is CCCCCOc1ccc(C(=O)NC(=S)NNC(=O)c2sc3ccccc3c2Cl)cc1. The van der Waals surface area contributed by atoms with E-state index >= 15 is 0 Å². The first-order valence-electron chi connectivity index (χ1n) is 9.81. The zero-order chi connectivity index (χ0) is 22.2. The van der Waals surface area contributed by atoms with Crippen molar-refractivity contribution in [2.45, 2.75) is 26.2 Å². The van der Waals surface area contributed by atoms with Gasteiger partial charge in [0.25, 0.3) is 11.8 Å². The molecule has 6 nitrogen and oxygen atoms in total. The second kappa shape index (κ2) is 11.1. The van der Waals surface area contributed by atoms with Crippen molar-refractivity contribution in [3.63, 3.8) is 0 Å². The number of fused-ring (bicyclic) bond motifs is 1. The number of thiophene rings is 1. The van der Waals surface area contributed by atoms with Crippen LogP contribution in [0, 0.1) is 0 Å². The summed E-state index contributed by atoms with van der Waals surface area (Å²) in [5.41, 5.74) is 5.41. The molecular weight excluding hydrogens is 454 g/mol. The largest absolute Gasteiger partial charge is 0.494 e. The van der Waals surface area contributed by atoms with Gasteiger partial charge in [0.2, 0.25) is 0 Å². The zero-order valence-corrected chi connectivity index (χ0v) is 19.3. The van der Waals surface area contributed by atoms with Gasteiger partial charge in [0.05, 0.1) is 11.6 Å². The number of carbonyl (C=O) groups is 2. The van der Waals surface area contributed by atoms with Gasteiger partial charge in [-0.2, -0.15) is 0 Å². The summed E-state index contributed by atoms with van der Waals surface area (Å²) in [6.45, 7) is 2.79. The topological polar surface area (TPSA) is 79.5 Å². The third-order valence-corrected chi connectivity index (χ3v) is 6.27. The number of thiocarbonyl (C=S) groups is 1. The zero-order valence-electron chi connectivity index (χ0n) is 16.9. The summed E-state index contributed by atoms with van der Waals surface area (Å²) < 4.78 is 6.54. The van der Waals surface area contributed by atoms with E-state index in [1.165, 1.54) is 11.3 Å². The molecule has 3 N–H and O–H groups in total.